The van der Waals surface area contributed by atoms with Crippen molar-refractivity contribution in [1.82, 2.24) is 5.43 Å². The summed E-state index contributed by atoms with van der Waals surface area (Å²) in [6, 6.07) is 9.78. The molecular formula is C13H18N2O2. The highest BCUT2D eigenvalue weighted by molar-refractivity contribution is 6.00. The molecule has 4 heteroatoms. The second kappa shape index (κ2) is 7.57. The number of hydrogen-bond donors (Lipinski definition) is 1. The quantitative estimate of drug-likeness (QED) is 0.604. The average molecular weight is 234 g/mol. The van der Waals surface area contributed by atoms with Gasteiger partial charge in [-0.3, -0.25) is 4.79 Å². The maximum atomic E-state index is 11.3. The second-order valence-corrected chi connectivity index (χ2v) is 3.45. The van der Waals surface area contributed by atoms with E-state index in [0.29, 0.717) is 6.61 Å². The first-order valence-corrected chi connectivity index (χ1v) is 5.76. The number of hydrazone groups is 1. The van der Waals surface area contributed by atoms with Gasteiger partial charge in [0.25, 0.3) is 5.91 Å². The molecule has 0 aliphatic carbocycles. The van der Waals surface area contributed by atoms with Crippen molar-refractivity contribution in [3.8, 4) is 0 Å². The van der Waals surface area contributed by atoms with Gasteiger partial charge in [-0.05, 0) is 18.9 Å². The van der Waals surface area contributed by atoms with Crippen molar-refractivity contribution >= 4 is 11.6 Å². The van der Waals surface area contributed by atoms with Crippen LogP contribution in [0.25, 0.3) is 0 Å². The van der Waals surface area contributed by atoms with Gasteiger partial charge in [0.05, 0.1) is 5.71 Å². The fraction of sp³-hybridized carbons (Fsp3) is 0.385. The lowest BCUT2D eigenvalue weighted by molar-refractivity contribution is -0.125. The van der Waals surface area contributed by atoms with Gasteiger partial charge in [-0.25, -0.2) is 5.43 Å². The molecule has 92 valence electrons. The van der Waals surface area contributed by atoms with Crippen LogP contribution in [-0.2, 0) is 9.53 Å². The van der Waals surface area contributed by atoms with E-state index in [1.807, 2.05) is 44.2 Å². The Kier molecular flexibility index (Phi) is 5.96. The van der Waals surface area contributed by atoms with Gasteiger partial charge in [0, 0.05) is 6.61 Å². The number of ether oxygens (including phenoxy) is 1. The predicted molar refractivity (Wildman–Crippen MR) is 67.9 cm³/mol. The minimum absolute atomic E-state index is 0.0474. The third-order valence-electron chi connectivity index (χ3n) is 2.19. The van der Waals surface area contributed by atoms with Crippen molar-refractivity contribution in [1.29, 1.82) is 0 Å². The standard InChI is InChI=1S/C13H18N2O2/c1-3-12(11-8-6-5-7-9-11)14-15-13(16)10-17-4-2/h5-9H,3-4,10H2,1-2H3,(H,15,16)/b14-12+. The summed E-state index contributed by atoms with van der Waals surface area (Å²) in [7, 11) is 0. The van der Waals surface area contributed by atoms with E-state index in [1.54, 1.807) is 0 Å². The fourth-order valence-corrected chi connectivity index (χ4v) is 1.34. The van der Waals surface area contributed by atoms with E-state index in [9.17, 15) is 4.79 Å². The zero-order valence-electron chi connectivity index (χ0n) is 10.3. The Bertz CT molecular complexity index is 374. The van der Waals surface area contributed by atoms with Crippen LogP contribution >= 0.6 is 0 Å². The number of hydrogen-bond acceptors (Lipinski definition) is 3. The summed E-state index contributed by atoms with van der Waals surface area (Å²) in [6.07, 6.45) is 0.763. The zero-order chi connectivity index (χ0) is 12.5. The number of carbonyl (C=O) groups excluding carboxylic acids is 1. The summed E-state index contributed by atoms with van der Waals surface area (Å²) in [6.45, 7) is 4.42. The lowest BCUT2D eigenvalue weighted by Crippen LogP contribution is -2.24. The van der Waals surface area contributed by atoms with Crippen LogP contribution in [0.1, 0.15) is 25.8 Å². The third kappa shape index (κ3) is 4.78. The molecule has 0 unspecified atom stereocenters. The molecule has 0 radical (unpaired) electrons. The summed E-state index contributed by atoms with van der Waals surface area (Å²) in [5, 5.41) is 4.10. The Morgan fingerprint density at radius 2 is 2.00 bits per heavy atom. The Balaban J connectivity index is 2.59. The molecule has 0 spiro atoms. The first kappa shape index (κ1) is 13.4. The van der Waals surface area contributed by atoms with Crippen molar-refractivity contribution in [2.45, 2.75) is 20.3 Å². The molecule has 0 heterocycles. The van der Waals surface area contributed by atoms with Crippen LogP contribution < -0.4 is 5.43 Å². The lowest BCUT2D eigenvalue weighted by Gasteiger charge is -2.05. The summed E-state index contributed by atoms with van der Waals surface area (Å²) >= 11 is 0. The van der Waals surface area contributed by atoms with Crippen molar-refractivity contribution in [2.24, 2.45) is 5.10 Å². The average Bonchev–Trinajstić information content (AvgIpc) is 2.38. The van der Waals surface area contributed by atoms with E-state index in [0.717, 1.165) is 17.7 Å². The summed E-state index contributed by atoms with van der Waals surface area (Å²) in [5.74, 6) is -0.228. The minimum atomic E-state index is -0.228. The van der Waals surface area contributed by atoms with Crippen LogP contribution in [0.4, 0.5) is 0 Å². The molecular weight excluding hydrogens is 216 g/mol. The van der Waals surface area contributed by atoms with E-state index in [4.69, 9.17) is 4.74 Å². The van der Waals surface area contributed by atoms with Gasteiger partial charge >= 0.3 is 0 Å². The van der Waals surface area contributed by atoms with Gasteiger partial charge in [-0.1, -0.05) is 37.3 Å². The smallest absolute Gasteiger partial charge is 0.266 e. The molecule has 0 aliphatic heterocycles. The van der Waals surface area contributed by atoms with E-state index in [2.05, 4.69) is 10.5 Å². The largest absolute Gasteiger partial charge is 0.372 e. The SMILES string of the molecule is CCOCC(=O)N/N=C(\CC)c1ccccc1. The molecule has 1 aromatic carbocycles. The Morgan fingerprint density at radius 3 is 2.59 bits per heavy atom. The van der Waals surface area contributed by atoms with Crippen LogP contribution in [0.2, 0.25) is 0 Å². The highest BCUT2D eigenvalue weighted by Gasteiger charge is 2.02. The second-order valence-electron chi connectivity index (χ2n) is 3.45. The predicted octanol–water partition coefficient (Wildman–Crippen LogP) is 1.95. The minimum Gasteiger partial charge on any atom is -0.372 e. The van der Waals surface area contributed by atoms with E-state index in [-0.39, 0.29) is 12.5 Å². The molecule has 17 heavy (non-hydrogen) atoms. The van der Waals surface area contributed by atoms with Crippen LogP contribution in [0, 0.1) is 0 Å². The molecule has 0 fully saturated rings. The molecule has 1 N–H and O–H groups in total. The van der Waals surface area contributed by atoms with Crippen molar-refractivity contribution in [3.63, 3.8) is 0 Å². The maximum absolute atomic E-state index is 11.3. The number of nitrogens with zero attached hydrogens (tertiary/aromatic N) is 1. The molecule has 0 aromatic heterocycles. The van der Waals surface area contributed by atoms with Crippen LogP contribution in [0.3, 0.4) is 0 Å². The van der Waals surface area contributed by atoms with Gasteiger partial charge in [0.2, 0.25) is 0 Å². The monoisotopic (exact) mass is 234 g/mol. The molecule has 0 bridgehead atoms. The van der Waals surface area contributed by atoms with Crippen molar-refractivity contribution < 1.29 is 9.53 Å². The zero-order valence-corrected chi connectivity index (χ0v) is 10.3. The Labute approximate surface area is 102 Å². The normalized spacial score (nSPS) is 11.3. The maximum Gasteiger partial charge on any atom is 0.266 e. The fourth-order valence-electron chi connectivity index (χ4n) is 1.34. The number of carbonyl (C=O) groups is 1. The molecule has 1 aromatic rings. The summed E-state index contributed by atoms with van der Waals surface area (Å²) in [5.41, 5.74) is 4.37. The van der Waals surface area contributed by atoms with Crippen molar-refractivity contribution in [3.05, 3.63) is 35.9 Å². The van der Waals surface area contributed by atoms with Crippen LogP contribution in [0.5, 0.6) is 0 Å². The summed E-state index contributed by atoms with van der Waals surface area (Å²) < 4.78 is 4.99. The van der Waals surface area contributed by atoms with E-state index in [1.165, 1.54) is 0 Å². The van der Waals surface area contributed by atoms with E-state index < -0.39 is 0 Å². The lowest BCUT2D eigenvalue weighted by atomic mass is 10.1. The van der Waals surface area contributed by atoms with Crippen molar-refractivity contribution in [2.75, 3.05) is 13.2 Å². The van der Waals surface area contributed by atoms with Gasteiger partial charge in [0.1, 0.15) is 6.61 Å². The van der Waals surface area contributed by atoms with E-state index >= 15 is 0 Å². The van der Waals surface area contributed by atoms with Gasteiger partial charge in [-0.15, -0.1) is 0 Å². The highest BCUT2D eigenvalue weighted by atomic mass is 16.5. The van der Waals surface area contributed by atoms with Gasteiger partial charge in [0.15, 0.2) is 0 Å². The molecule has 1 rings (SSSR count). The third-order valence-corrected chi connectivity index (χ3v) is 2.19. The number of nitrogens with one attached hydrogen (secondary N) is 1. The van der Waals surface area contributed by atoms with Gasteiger partial charge in [-0.2, -0.15) is 5.10 Å². The topological polar surface area (TPSA) is 50.7 Å². The van der Waals surface area contributed by atoms with Gasteiger partial charge < -0.3 is 4.74 Å². The van der Waals surface area contributed by atoms with Crippen LogP contribution in [0.15, 0.2) is 35.4 Å². The molecule has 0 atom stereocenters. The number of amides is 1. The van der Waals surface area contributed by atoms with Crippen LogP contribution in [-0.4, -0.2) is 24.8 Å². The first-order chi connectivity index (χ1) is 8.27. The molecule has 0 saturated carbocycles. The number of benzene rings is 1. The molecule has 0 saturated heterocycles. The molecule has 4 nitrogen and oxygen atoms in total. The highest BCUT2D eigenvalue weighted by Crippen LogP contribution is 2.03. The summed E-state index contributed by atoms with van der Waals surface area (Å²) in [4.78, 5) is 11.3. The molecule has 0 aliphatic rings. The molecule has 1 amide bonds. The number of rotatable bonds is 6. The Hall–Kier alpha value is -1.68. The first-order valence-electron chi connectivity index (χ1n) is 5.76. The Morgan fingerprint density at radius 1 is 1.29 bits per heavy atom.